The van der Waals surface area contributed by atoms with Crippen molar-refractivity contribution in [2.24, 2.45) is 0 Å². The molecule has 1 fully saturated rings. The van der Waals surface area contributed by atoms with Crippen LogP contribution in [0.2, 0.25) is 0 Å². The second-order valence-electron chi connectivity index (χ2n) is 3.46. The first-order chi connectivity index (χ1) is 5.79. The zero-order chi connectivity index (χ0) is 8.97. The maximum atomic E-state index is 5.14. The Morgan fingerprint density at radius 2 is 1.50 bits per heavy atom. The van der Waals surface area contributed by atoms with Gasteiger partial charge in [-0.3, -0.25) is 4.90 Å². The van der Waals surface area contributed by atoms with E-state index in [4.69, 9.17) is 9.47 Å². The number of ether oxygens (including phenoxy) is 2. The predicted octanol–water partition coefficient (Wildman–Crippen LogP) is 0.742. The number of rotatable bonds is 4. The largest absolute Gasteiger partial charge is 0.383 e. The minimum absolute atomic E-state index is 0.593. The van der Waals surface area contributed by atoms with Crippen molar-refractivity contribution in [2.75, 3.05) is 34.5 Å². The van der Waals surface area contributed by atoms with Gasteiger partial charge < -0.3 is 9.47 Å². The van der Waals surface area contributed by atoms with Gasteiger partial charge in [-0.25, -0.2) is 0 Å². The number of likely N-dealkylation sites (tertiary alicyclic amines) is 1. The second kappa shape index (κ2) is 4.80. The molecule has 1 aliphatic heterocycles. The Morgan fingerprint density at radius 3 is 1.83 bits per heavy atom. The molecule has 12 heavy (non-hydrogen) atoms. The third-order valence-corrected chi connectivity index (χ3v) is 2.70. The third-order valence-electron chi connectivity index (χ3n) is 2.70. The van der Waals surface area contributed by atoms with E-state index < -0.39 is 0 Å². The van der Waals surface area contributed by atoms with E-state index in [0.717, 1.165) is 13.2 Å². The van der Waals surface area contributed by atoms with Crippen molar-refractivity contribution in [3.05, 3.63) is 0 Å². The molecule has 0 aromatic carbocycles. The van der Waals surface area contributed by atoms with E-state index in [1.165, 1.54) is 12.8 Å². The molecule has 0 radical (unpaired) electrons. The summed E-state index contributed by atoms with van der Waals surface area (Å²) in [6.45, 7) is 1.69. The lowest BCUT2D eigenvalue weighted by molar-refractivity contribution is 0.0801. The number of nitrogens with zero attached hydrogens (tertiary/aromatic N) is 1. The zero-order valence-corrected chi connectivity index (χ0v) is 8.25. The molecule has 72 valence electrons. The van der Waals surface area contributed by atoms with Crippen LogP contribution in [-0.2, 0) is 9.47 Å². The molecule has 0 aromatic rings. The maximum absolute atomic E-state index is 5.14. The van der Waals surface area contributed by atoms with Gasteiger partial charge in [0.05, 0.1) is 13.2 Å². The van der Waals surface area contributed by atoms with Crippen LogP contribution < -0.4 is 0 Å². The molecule has 2 unspecified atom stereocenters. The quantitative estimate of drug-likeness (QED) is 0.626. The van der Waals surface area contributed by atoms with Crippen molar-refractivity contribution in [1.82, 2.24) is 4.90 Å². The summed E-state index contributed by atoms with van der Waals surface area (Å²) in [6, 6.07) is 1.19. The topological polar surface area (TPSA) is 21.7 Å². The van der Waals surface area contributed by atoms with Crippen LogP contribution in [0.3, 0.4) is 0 Å². The van der Waals surface area contributed by atoms with Crippen molar-refractivity contribution in [1.29, 1.82) is 0 Å². The Morgan fingerprint density at radius 1 is 1.08 bits per heavy atom. The summed E-state index contributed by atoms with van der Waals surface area (Å²) in [5, 5.41) is 0. The van der Waals surface area contributed by atoms with Gasteiger partial charge in [0.2, 0.25) is 0 Å². The van der Waals surface area contributed by atoms with E-state index in [1.54, 1.807) is 14.2 Å². The molecule has 0 aliphatic carbocycles. The molecule has 3 heteroatoms. The van der Waals surface area contributed by atoms with Gasteiger partial charge in [0.15, 0.2) is 0 Å². The molecule has 2 atom stereocenters. The van der Waals surface area contributed by atoms with Gasteiger partial charge in [0.25, 0.3) is 0 Å². The molecule has 1 rings (SSSR count). The lowest BCUT2D eigenvalue weighted by Gasteiger charge is -2.24. The summed E-state index contributed by atoms with van der Waals surface area (Å²) in [4.78, 5) is 2.37. The molecule has 0 spiro atoms. The fraction of sp³-hybridized carbons (Fsp3) is 1.00. The Hall–Kier alpha value is -0.120. The first-order valence-electron chi connectivity index (χ1n) is 4.49. The van der Waals surface area contributed by atoms with Crippen molar-refractivity contribution < 1.29 is 9.47 Å². The van der Waals surface area contributed by atoms with Crippen LogP contribution in [0.1, 0.15) is 12.8 Å². The summed E-state index contributed by atoms with van der Waals surface area (Å²) in [5.41, 5.74) is 0. The van der Waals surface area contributed by atoms with Gasteiger partial charge in [-0.05, 0) is 19.9 Å². The first kappa shape index (κ1) is 9.96. The summed E-state index contributed by atoms with van der Waals surface area (Å²) in [6.07, 6.45) is 2.47. The number of methoxy groups -OCH3 is 2. The highest BCUT2D eigenvalue weighted by Crippen LogP contribution is 2.22. The van der Waals surface area contributed by atoms with Gasteiger partial charge in [-0.15, -0.1) is 0 Å². The molecule has 3 nitrogen and oxygen atoms in total. The lowest BCUT2D eigenvalue weighted by atomic mass is 10.2. The Bertz CT molecular complexity index is 116. The summed E-state index contributed by atoms with van der Waals surface area (Å²) in [5.74, 6) is 0. The highest BCUT2D eigenvalue weighted by Gasteiger charge is 2.29. The Labute approximate surface area is 74.6 Å². The summed E-state index contributed by atoms with van der Waals surface area (Å²) in [7, 11) is 5.68. The van der Waals surface area contributed by atoms with E-state index in [2.05, 4.69) is 11.9 Å². The van der Waals surface area contributed by atoms with E-state index >= 15 is 0 Å². The molecular formula is C9H19NO2. The van der Waals surface area contributed by atoms with E-state index in [9.17, 15) is 0 Å². The molecule has 0 aromatic heterocycles. The normalized spacial score (nSPS) is 31.2. The number of hydrogen-bond donors (Lipinski definition) is 0. The average Bonchev–Trinajstić information content (AvgIpc) is 2.38. The minimum Gasteiger partial charge on any atom is -0.383 e. The Balaban J connectivity index is 2.32. The smallest absolute Gasteiger partial charge is 0.0618 e. The van der Waals surface area contributed by atoms with Crippen LogP contribution in [0.15, 0.2) is 0 Å². The van der Waals surface area contributed by atoms with Gasteiger partial charge >= 0.3 is 0 Å². The second-order valence-corrected chi connectivity index (χ2v) is 3.46. The maximum Gasteiger partial charge on any atom is 0.0618 e. The highest BCUT2D eigenvalue weighted by molar-refractivity contribution is 4.84. The molecule has 0 saturated carbocycles. The van der Waals surface area contributed by atoms with Crippen molar-refractivity contribution in [3.8, 4) is 0 Å². The van der Waals surface area contributed by atoms with E-state index in [1.807, 2.05) is 0 Å². The summed E-state index contributed by atoms with van der Waals surface area (Å²) < 4.78 is 10.3. The van der Waals surface area contributed by atoms with Crippen molar-refractivity contribution in [3.63, 3.8) is 0 Å². The first-order valence-corrected chi connectivity index (χ1v) is 4.49. The Kier molecular flexibility index (Phi) is 3.98. The van der Waals surface area contributed by atoms with E-state index in [0.29, 0.717) is 12.1 Å². The van der Waals surface area contributed by atoms with Gasteiger partial charge in [0.1, 0.15) is 0 Å². The van der Waals surface area contributed by atoms with Crippen LogP contribution in [0, 0.1) is 0 Å². The van der Waals surface area contributed by atoms with E-state index in [-0.39, 0.29) is 0 Å². The molecule has 0 amide bonds. The summed E-state index contributed by atoms with van der Waals surface area (Å²) >= 11 is 0. The fourth-order valence-corrected chi connectivity index (χ4v) is 1.88. The van der Waals surface area contributed by atoms with Crippen LogP contribution in [0.5, 0.6) is 0 Å². The zero-order valence-electron chi connectivity index (χ0n) is 8.25. The molecule has 0 N–H and O–H groups in total. The molecule has 0 bridgehead atoms. The number of likely N-dealkylation sites (N-methyl/N-ethyl adjacent to an activating group) is 1. The number of hydrogen-bond acceptors (Lipinski definition) is 3. The molecule has 1 heterocycles. The van der Waals surface area contributed by atoms with Crippen molar-refractivity contribution in [2.45, 2.75) is 24.9 Å². The average molecular weight is 173 g/mol. The molecule has 1 aliphatic rings. The van der Waals surface area contributed by atoms with Gasteiger partial charge in [0, 0.05) is 26.3 Å². The standard InChI is InChI=1S/C9H19NO2/c1-10-8(6-11-2)4-5-9(10)7-12-3/h8-9H,4-7H2,1-3H3. The predicted molar refractivity (Wildman–Crippen MR) is 48.3 cm³/mol. The van der Waals surface area contributed by atoms with Crippen LogP contribution in [-0.4, -0.2) is 51.5 Å². The lowest BCUT2D eigenvalue weighted by Crippen LogP contribution is -2.37. The highest BCUT2D eigenvalue weighted by atomic mass is 16.5. The van der Waals surface area contributed by atoms with Crippen LogP contribution in [0.25, 0.3) is 0 Å². The van der Waals surface area contributed by atoms with Crippen LogP contribution >= 0.6 is 0 Å². The van der Waals surface area contributed by atoms with Gasteiger partial charge in [-0.2, -0.15) is 0 Å². The minimum atomic E-state index is 0.593. The SMILES string of the molecule is COCC1CCC(COC)N1C. The van der Waals surface area contributed by atoms with Gasteiger partial charge in [-0.1, -0.05) is 0 Å². The van der Waals surface area contributed by atoms with Crippen LogP contribution in [0.4, 0.5) is 0 Å². The third kappa shape index (κ3) is 2.19. The molecular weight excluding hydrogens is 154 g/mol. The molecule has 1 saturated heterocycles. The fourth-order valence-electron chi connectivity index (χ4n) is 1.88. The van der Waals surface area contributed by atoms with Crippen molar-refractivity contribution >= 4 is 0 Å². The monoisotopic (exact) mass is 173 g/mol.